The van der Waals surface area contributed by atoms with Gasteiger partial charge in [-0.05, 0) is 42.2 Å². The molecule has 0 N–H and O–H groups in total. The van der Waals surface area contributed by atoms with Crippen LogP contribution in [0.15, 0.2) is 35.9 Å². The zero-order chi connectivity index (χ0) is 20.8. The SMILES string of the molecule is CC(C)COC(=O)N1CCCN(C(=O)C=CC2=Cc3cc(Cl)ccc3OC2)CC1. The van der Waals surface area contributed by atoms with E-state index in [4.69, 9.17) is 21.1 Å². The largest absolute Gasteiger partial charge is 0.488 e. The van der Waals surface area contributed by atoms with Gasteiger partial charge in [0.15, 0.2) is 0 Å². The first-order valence-corrected chi connectivity index (χ1v) is 10.3. The van der Waals surface area contributed by atoms with Crippen molar-refractivity contribution in [1.29, 1.82) is 0 Å². The van der Waals surface area contributed by atoms with Crippen LogP contribution in [0.2, 0.25) is 5.02 Å². The van der Waals surface area contributed by atoms with Crippen LogP contribution in [0, 0.1) is 5.92 Å². The first-order valence-electron chi connectivity index (χ1n) is 9.94. The van der Waals surface area contributed by atoms with E-state index in [1.807, 2.05) is 32.1 Å². The Morgan fingerprint density at radius 1 is 1.21 bits per heavy atom. The number of halogens is 1. The van der Waals surface area contributed by atoms with E-state index in [0.29, 0.717) is 50.3 Å². The Morgan fingerprint density at radius 3 is 2.76 bits per heavy atom. The van der Waals surface area contributed by atoms with Gasteiger partial charge in [-0.15, -0.1) is 0 Å². The molecule has 3 rings (SSSR count). The van der Waals surface area contributed by atoms with Crippen molar-refractivity contribution in [2.75, 3.05) is 39.4 Å². The second kappa shape index (κ2) is 9.83. The minimum Gasteiger partial charge on any atom is -0.488 e. The van der Waals surface area contributed by atoms with E-state index < -0.39 is 0 Å². The highest BCUT2D eigenvalue weighted by Gasteiger charge is 2.22. The van der Waals surface area contributed by atoms with Gasteiger partial charge in [-0.3, -0.25) is 4.79 Å². The summed E-state index contributed by atoms with van der Waals surface area (Å²) in [6.07, 6.45) is 5.76. The predicted molar refractivity (Wildman–Crippen MR) is 113 cm³/mol. The van der Waals surface area contributed by atoms with E-state index in [2.05, 4.69) is 0 Å². The Balaban J connectivity index is 1.55. The van der Waals surface area contributed by atoms with Crippen LogP contribution in [-0.2, 0) is 9.53 Å². The van der Waals surface area contributed by atoms with Gasteiger partial charge >= 0.3 is 6.09 Å². The van der Waals surface area contributed by atoms with Crippen LogP contribution in [-0.4, -0.2) is 61.2 Å². The molecule has 0 spiro atoms. The monoisotopic (exact) mass is 418 g/mol. The second-order valence-electron chi connectivity index (χ2n) is 7.66. The maximum absolute atomic E-state index is 12.6. The van der Waals surface area contributed by atoms with E-state index in [0.717, 1.165) is 23.3 Å². The lowest BCUT2D eigenvalue weighted by Crippen LogP contribution is -2.37. The summed E-state index contributed by atoms with van der Waals surface area (Å²) in [5, 5.41) is 0.644. The molecule has 0 unspecified atom stereocenters. The summed E-state index contributed by atoms with van der Waals surface area (Å²) in [6.45, 7) is 7.01. The lowest BCUT2D eigenvalue weighted by Gasteiger charge is -2.21. The number of benzene rings is 1. The Kier molecular flexibility index (Phi) is 7.20. The Hall–Kier alpha value is -2.47. The van der Waals surface area contributed by atoms with E-state index in [-0.39, 0.29) is 12.0 Å². The van der Waals surface area contributed by atoms with Crippen molar-refractivity contribution in [3.8, 4) is 5.75 Å². The molecule has 29 heavy (non-hydrogen) atoms. The quantitative estimate of drug-likeness (QED) is 0.693. The molecule has 6 nitrogen and oxygen atoms in total. The van der Waals surface area contributed by atoms with Crippen molar-refractivity contribution in [1.82, 2.24) is 9.80 Å². The van der Waals surface area contributed by atoms with Crippen LogP contribution in [0.3, 0.4) is 0 Å². The number of hydrogen-bond donors (Lipinski definition) is 0. The number of carbonyl (C=O) groups is 2. The molecule has 156 valence electrons. The number of amides is 2. The van der Waals surface area contributed by atoms with Crippen LogP contribution >= 0.6 is 11.6 Å². The molecular formula is C22H27ClN2O4. The molecule has 0 aromatic heterocycles. The molecule has 1 aromatic rings. The van der Waals surface area contributed by atoms with Gasteiger partial charge in [0.25, 0.3) is 0 Å². The van der Waals surface area contributed by atoms with Gasteiger partial charge in [-0.1, -0.05) is 31.5 Å². The number of ether oxygens (including phenoxy) is 2. The fourth-order valence-electron chi connectivity index (χ4n) is 3.20. The van der Waals surface area contributed by atoms with Gasteiger partial charge < -0.3 is 19.3 Å². The summed E-state index contributed by atoms with van der Waals surface area (Å²) < 4.78 is 11.0. The van der Waals surface area contributed by atoms with E-state index in [1.165, 1.54) is 0 Å². The van der Waals surface area contributed by atoms with Gasteiger partial charge in [0.1, 0.15) is 12.4 Å². The molecule has 1 saturated heterocycles. The van der Waals surface area contributed by atoms with Crippen LogP contribution < -0.4 is 4.74 Å². The first-order chi connectivity index (χ1) is 13.9. The van der Waals surface area contributed by atoms with Crippen LogP contribution in [0.4, 0.5) is 4.79 Å². The molecular weight excluding hydrogens is 392 g/mol. The van der Waals surface area contributed by atoms with Crippen molar-refractivity contribution >= 4 is 29.7 Å². The molecule has 0 bridgehead atoms. The van der Waals surface area contributed by atoms with E-state index >= 15 is 0 Å². The van der Waals surface area contributed by atoms with Crippen LogP contribution in [0.1, 0.15) is 25.8 Å². The predicted octanol–water partition coefficient (Wildman–Crippen LogP) is 4.00. The summed E-state index contributed by atoms with van der Waals surface area (Å²) in [5.41, 5.74) is 1.81. The number of rotatable bonds is 4. The second-order valence-corrected chi connectivity index (χ2v) is 8.10. The van der Waals surface area contributed by atoms with E-state index in [1.54, 1.807) is 28.0 Å². The van der Waals surface area contributed by atoms with Gasteiger partial charge in [0.2, 0.25) is 5.91 Å². The van der Waals surface area contributed by atoms with Crippen LogP contribution in [0.5, 0.6) is 5.75 Å². The van der Waals surface area contributed by atoms with Crippen molar-refractivity contribution in [3.63, 3.8) is 0 Å². The minimum atomic E-state index is -0.301. The Bertz CT molecular complexity index is 819. The Morgan fingerprint density at radius 2 is 1.97 bits per heavy atom. The van der Waals surface area contributed by atoms with Gasteiger partial charge in [-0.25, -0.2) is 4.79 Å². The number of fused-ring (bicyclic) bond motifs is 1. The standard InChI is InChI=1S/C22H27ClN2O4/c1-16(2)14-29-22(27)25-9-3-8-24(10-11-25)21(26)7-4-17-12-18-13-19(23)5-6-20(18)28-15-17/h4-7,12-13,16H,3,8-11,14-15H2,1-2H3. The summed E-state index contributed by atoms with van der Waals surface area (Å²) in [4.78, 5) is 28.2. The zero-order valence-corrected chi connectivity index (χ0v) is 17.7. The maximum atomic E-state index is 12.6. The zero-order valence-electron chi connectivity index (χ0n) is 16.9. The fourth-order valence-corrected chi connectivity index (χ4v) is 3.38. The van der Waals surface area contributed by atoms with Crippen molar-refractivity contribution < 1.29 is 19.1 Å². The molecule has 0 atom stereocenters. The summed E-state index contributed by atoms with van der Waals surface area (Å²) in [7, 11) is 0. The summed E-state index contributed by atoms with van der Waals surface area (Å²) >= 11 is 6.04. The molecule has 2 aliphatic heterocycles. The average Bonchev–Trinajstić information content (AvgIpc) is 2.96. The third-order valence-electron chi connectivity index (χ3n) is 4.75. The summed E-state index contributed by atoms with van der Waals surface area (Å²) in [5.74, 6) is 1.02. The molecule has 2 aliphatic rings. The maximum Gasteiger partial charge on any atom is 0.409 e. The highest BCUT2D eigenvalue weighted by atomic mass is 35.5. The van der Waals surface area contributed by atoms with Gasteiger partial charge in [-0.2, -0.15) is 0 Å². The van der Waals surface area contributed by atoms with Crippen molar-refractivity contribution in [3.05, 3.63) is 46.5 Å². The third kappa shape index (κ3) is 6.00. The number of carbonyl (C=O) groups excluding carboxylic acids is 2. The molecule has 2 heterocycles. The minimum absolute atomic E-state index is 0.0693. The normalized spacial score (nSPS) is 16.9. The lowest BCUT2D eigenvalue weighted by atomic mass is 10.1. The van der Waals surface area contributed by atoms with E-state index in [9.17, 15) is 9.59 Å². The number of hydrogen-bond acceptors (Lipinski definition) is 4. The summed E-state index contributed by atoms with van der Waals surface area (Å²) in [6, 6.07) is 5.47. The molecule has 1 fully saturated rings. The number of nitrogens with zero attached hydrogens (tertiary/aromatic N) is 2. The van der Waals surface area contributed by atoms with Crippen molar-refractivity contribution in [2.45, 2.75) is 20.3 Å². The first kappa shape index (κ1) is 21.2. The van der Waals surface area contributed by atoms with Gasteiger partial charge in [0, 0.05) is 42.8 Å². The molecule has 0 aliphatic carbocycles. The highest BCUT2D eigenvalue weighted by molar-refractivity contribution is 6.30. The third-order valence-corrected chi connectivity index (χ3v) is 4.99. The molecule has 0 radical (unpaired) electrons. The fraction of sp³-hybridized carbons (Fsp3) is 0.455. The molecule has 2 amide bonds. The lowest BCUT2D eigenvalue weighted by molar-refractivity contribution is -0.125. The average molecular weight is 419 g/mol. The topological polar surface area (TPSA) is 59.1 Å². The smallest absolute Gasteiger partial charge is 0.409 e. The van der Waals surface area contributed by atoms with Crippen LogP contribution in [0.25, 0.3) is 6.08 Å². The van der Waals surface area contributed by atoms with Crippen molar-refractivity contribution in [2.24, 2.45) is 5.92 Å². The van der Waals surface area contributed by atoms with Gasteiger partial charge in [0.05, 0.1) is 6.61 Å². The Labute approximate surface area is 176 Å². The molecule has 7 heteroatoms. The highest BCUT2D eigenvalue weighted by Crippen LogP contribution is 2.29. The molecule has 1 aromatic carbocycles. The molecule has 0 saturated carbocycles.